The third-order valence-corrected chi connectivity index (χ3v) is 2.46. The van der Waals surface area contributed by atoms with Gasteiger partial charge >= 0.3 is 6.18 Å². The van der Waals surface area contributed by atoms with Gasteiger partial charge in [0, 0.05) is 12.1 Å². The summed E-state index contributed by atoms with van der Waals surface area (Å²) < 4.78 is 52.3. The van der Waals surface area contributed by atoms with Gasteiger partial charge in [-0.2, -0.15) is 13.2 Å². The van der Waals surface area contributed by atoms with Crippen LogP contribution in [0.3, 0.4) is 0 Å². The first-order valence-electron chi connectivity index (χ1n) is 5.39. The zero-order valence-corrected chi connectivity index (χ0v) is 9.65. The SMILES string of the molecule is NCCn1cc(-c2ccc(F)c(C(F)(F)F)c2)nn1. The van der Waals surface area contributed by atoms with Gasteiger partial charge in [-0.05, 0) is 18.2 Å². The predicted molar refractivity (Wildman–Crippen MR) is 59.5 cm³/mol. The first-order valence-corrected chi connectivity index (χ1v) is 5.39. The van der Waals surface area contributed by atoms with E-state index in [0.717, 1.165) is 6.07 Å². The highest BCUT2D eigenvalue weighted by Gasteiger charge is 2.34. The number of nitrogens with two attached hydrogens (primary N) is 1. The predicted octanol–water partition coefficient (Wildman–Crippen LogP) is 2.06. The van der Waals surface area contributed by atoms with Gasteiger partial charge in [-0.1, -0.05) is 5.21 Å². The molecular formula is C11H10F4N4. The Morgan fingerprint density at radius 1 is 1.26 bits per heavy atom. The van der Waals surface area contributed by atoms with Crippen LogP contribution in [0.5, 0.6) is 0 Å². The standard InChI is InChI=1S/C11H10F4N4/c12-9-2-1-7(5-8(9)11(13,14)15)10-6-19(4-3-16)18-17-10/h1-2,5-6H,3-4,16H2. The molecule has 0 bridgehead atoms. The summed E-state index contributed by atoms with van der Waals surface area (Å²) in [6.45, 7) is 0.736. The third kappa shape index (κ3) is 2.90. The van der Waals surface area contributed by atoms with Crippen molar-refractivity contribution in [2.75, 3.05) is 6.54 Å². The number of halogens is 4. The summed E-state index contributed by atoms with van der Waals surface area (Å²) >= 11 is 0. The number of nitrogens with zero attached hydrogens (tertiary/aromatic N) is 3. The minimum absolute atomic E-state index is 0.150. The van der Waals surface area contributed by atoms with Crippen LogP contribution < -0.4 is 5.73 Å². The molecule has 0 radical (unpaired) electrons. The lowest BCUT2D eigenvalue weighted by molar-refractivity contribution is -0.139. The zero-order valence-electron chi connectivity index (χ0n) is 9.65. The molecule has 19 heavy (non-hydrogen) atoms. The third-order valence-electron chi connectivity index (χ3n) is 2.46. The Bertz CT molecular complexity index is 576. The Balaban J connectivity index is 2.39. The minimum Gasteiger partial charge on any atom is -0.329 e. The van der Waals surface area contributed by atoms with E-state index >= 15 is 0 Å². The number of benzene rings is 1. The maximum Gasteiger partial charge on any atom is 0.419 e. The molecule has 1 heterocycles. The molecule has 0 fully saturated rings. The zero-order chi connectivity index (χ0) is 14.0. The van der Waals surface area contributed by atoms with Crippen molar-refractivity contribution in [1.29, 1.82) is 0 Å². The summed E-state index contributed by atoms with van der Waals surface area (Å²) in [7, 11) is 0. The topological polar surface area (TPSA) is 56.7 Å². The normalized spacial score (nSPS) is 11.8. The minimum atomic E-state index is -4.74. The van der Waals surface area contributed by atoms with Crippen molar-refractivity contribution in [3.05, 3.63) is 35.8 Å². The van der Waals surface area contributed by atoms with E-state index in [4.69, 9.17) is 5.73 Å². The van der Waals surface area contributed by atoms with Crippen molar-refractivity contribution in [2.24, 2.45) is 5.73 Å². The van der Waals surface area contributed by atoms with Gasteiger partial charge in [0.25, 0.3) is 0 Å². The van der Waals surface area contributed by atoms with E-state index in [-0.39, 0.29) is 11.3 Å². The van der Waals surface area contributed by atoms with Crippen LogP contribution in [-0.4, -0.2) is 21.5 Å². The molecule has 0 saturated carbocycles. The highest BCUT2D eigenvalue weighted by atomic mass is 19.4. The summed E-state index contributed by atoms with van der Waals surface area (Å²) in [5.41, 5.74) is 4.39. The average Bonchev–Trinajstić information content (AvgIpc) is 2.77. The highest BCUT2D eigenvalue weighted by molar-refractivity contribution is 5.59. The molecule has 0 aliphatic carbocycles. The molecule has 8 heteroatoms. The molecular weight excluding hydrogens is 264 g/mol. The quantitative estimate of drug-likeness (QED) is 0.872. The van der Waals surface area contributed by atoms with Gasteiger partial charge < -0.3 is 5.73 Å². The molecule has 0 atom stereocenters. The second kappa shape index (κ2) is 4.96. The average molecular weight is 274 g/mol. The fraction of sp³-hybridized carbons (Fsp3) is 0.273. The largest absolute Gasteiger partial charge is 0.419 e. The van der Waals surface area contributed by atoms with Gasteiger partial charge in [0.05, 0.1) is 18.3 Å². The molecule has 0 amide bonds. The number of rotatable bonds is 3. The molecule has 0 spiro atoms. The summed E-state index contributed by atoms with van der Waals surface area (Å²) in [5, 5.41) is 7.43. The lowest BCUT2D eigenvalue weighted by atomic mass is 10.1. The number of alkyl halides is 3. The van der Waals surface area contributed by atoms with Gasteiger partial charge in [-0.25, -0.2) is 4.39 Å². The van der Waals surface area contributed by atoms with Gasteiger partial charge in [0.2, 0.25) is 0 Å². The van der Waals surface area contributed by atoms with Crippen LogP contribution in [0.4, 0.5) is 17.6 Å². The van der Waals surface area contributed by atoms with Crippen molar-refractivity contribution >= 4 is 0 Å². The van der Waals surface area contributed by atoms with Crippen molar-refractivity contribution < 1.29 is 17.6 Å². The number of hydrogen-bond acceptors (Lipinski definition) is 3. The molecule has 1 aromatic heterocycles. The lowest BCUT2D eigenvalue weighted by Crippen LogP contribution is -2.10. The van der Waals surface area contributed by atoms with Crippen molar-refractivity contribution in [3.63, 3.8) is 0 Å². The second-order valence-corrected chi connectivity index (χ2v) is 3.85. The summed E-state index contributed by atoms with van der Waals surface area (Å²) in [4.78, 5) is 0. The van der Waals surface area contributed by atoms with Crippen LogP contribution in [0.15, 0.2) is 24.4 Å². The summed E-state index contributed by atoms with van der Waals surface area (Å²) in [6, 6.07) is 2.70. The molecule has 2 rings (SSSR count). The molecule has 0 unspecified atom stereocenters. The van der Waals surface area contributed by atoms with Crippen LogP contribution in [-0.2, 0) is 12.7 Å². The van der Waals surface area contributed by atoms with E-state index in [2.05, 4.69) is 10.3 Å². The number of aromatic nitrogens is 3. The van der Waals surface area contributed by atoms with Gasteiger partial charge in [-0.15, -0.1) is 5.10 Å². The Morgan fingerprint density at radius 3 is 2.63 bits per heavy atom. The fourth-order valence-corrected chi connectivity index (χ4v) is 1.57. The van der Waals surface area contributed by atoms with E-state index in [0.29, 0.717) is 19.2 Å². The summed E-state index contributed by atoms with van der Waals surface area (Å²) in [6.07, 6.45) is -3.28. The van der Waals surface area contributed by atoms with E-state index in [1.165, 1.54) is 16.9 Å². The van der Waals surface area contributed by atoms with E-state index < -0.39 is 17.6 Å². The first kappa shape index (κ1) is 13.5. The highest BCUT2D eigenvalue weighted by Crippen LogP contribution is 2.33. The van der Waals surface area contributed by atoms with Crippen LogP contribution in [0.1, 0.15) is 5.56 Å². The summed E-state index contributed by atoms with van der Waals surface area (Å²) in [5.74, 6) is -1.31. The van der Waals surface area contributed by atoms with Crippen LogP contribution in [0, 0.1) is 5.82 Å². The van der Waals surface area contributed by atoms with Gasteiger partial charge in [0.1, 0.15) is 11.5 Å². The van der Waals surface area contributed by atoms with E-state index in [1.807, 2.05) is 0 Å². The lowest BCUT2D eigenvalue weighted by Gasteiger charge is -2.08. The van der Waals surface area contributed by atoms with Gasteiger partial charge in [-0.3, -0.25) is 4.68 Å². The molecule has 0 aliphatic heterocycles. The van der Waals surface area contributed by atoms with E-state index in [1.54, 1.807) is 0 Å². The molecule has 4 nitrogen and oxygen atoms in total. The Labute approximate surface area is 105 Å². The second-order valence-electron chi connectivity index (χ2n) is 3.85. The Kier molecular flexibility index (Phi) is 3.52. The maximum absolute atomic E-state index is 13.1. The van der Waals surface area contributed by atoms with Crippen LogP contribution in [0.2, 0.25) is 0 Å². The molecule has 2 aromatic rings. The molecule has 0 saturated heterocycles. The van der Waals surface area contributed by atoms with Crippen molar-refractivity contribution in [1.82, 2.24) is 15.0 Å². The maximum atomic E-state index is 13.1. The molecule has 0 aliphatic rings. The molecule has 1 aromatic carbocycles. The molecule has 2 N–H and O–H groups in total. The molecule has 102 valence electrons. The van der Waals surface area contributed by atoms with Crippen molar-refractivity contribution in [2.45, 2.75) is 12.7 Å². The first-order chi connectivity index (χ1) is 8.91. The fourth-order valence-electron chi connectivity index (χ4n) is 1.57. The monoisotopic (exact) mass is 274 g/mol. The van der Waals surface area contributed by atoms with Crippen molar-refractivity contribution in [3.8, 4) is 11.3 Å². The van der Waals surface area contributed by atoms with Gasteiger partial charge in [0.15, 0.2) is 0 Å². The van der Waals surface area contributed by atoms with Crippen LogP contribution >= 0.6 is 0 Å². The smallest absolute Gasteiger partial charge is 0.329 e. The Morgan fingerprint density at radius 2 is 2.00 bits per heavy atom. The van der Waals surface area contributed by atoms with Crippen LogP contribution in [0.25, 0.3) is 11.3 Å². The van der Waals surface area contributed by atoms with E-state index in [9.17, 15) is 17.6 Å². The Hall–Kier alpha value is -1.96. The number of hydrogen-bond donors (Lipinski definition) is 1.